The molecule has 2 aromatic carbocycles. The van der Waals surface area contributed by atoms with Gasteiger partial charge in [-0.15, -0.1) is 6.42 Å². The monoisotopic (exact) mass is 248 g/mol. The van der Waals surface area contributed by atoms with E-state index in [4.69, 9.17) is 11.2 Å². The molecule has 0 bridgehead atoms. The molecule has 19 heavy (non-hydrogen) atoms. The highest BCUT2D eigenvalue weighted by atomic mass is 16.5. The van der Waals surface area contributed by atoms with E-state index in [0.717, 1.165) is 22.5 Å². The molecular weight excluding hydrogens is 236 g/mol. The van der Waals surface area contributed by atoms with Crippen molar-refractivity contribution in [3.05, 3.63) is 54.4 Å². The first-order valence-electron chi connectivity index (χ1n) is 5.92. The fraction of sp³-hybridized carbons (Fsp3) is 0.0625. The predicted octanol–water partition coefficient (Wildman–Crippen LogP) is 3.02. The van der Waals surface area contributed by atoms with Crippen molar-refractivity contribution >= 4 is 11.0 Å². The van der Waals surface area contributed by atoms with Crippen LogP contribution in [-0.2, 0) is 0 Å². The van der Waals surface area contributed by atoms with E-state index >= 15 is 0 Å². The number of benzene rings is 2. The van der Waals surface area contributed by atoms with Crippen molar-refractivity contribution in [1.82, 2.24) is 9.55 Å². The second kappa shape index (κ2) is 4.51. The van der Waals surface area contributed by atoms with E-state index in [1.54, 1.807) is 7.11 Å². The Kier molecular flexibility index (Phi) is 2.70. The third-order valence-corrected chi connectivity index (χ3v) is 3.01. The summed E-state index contributed by atoms with van der Waals surface area (Å²) in [5.74, 6) is 4.00. The molecule has 1 aromatic heterocycles. The normalized spacial score (nSPS) is 10.3. The summed E-state index contributed by atoms with van der Waals surface area (Å²) in [6, 6.07) is 15.7. The van der Waals surface area contributed by atoms with E-state index in [-0.39, 0.29) is 0 Å². The molecule has 0 aliphatic heterocycles. The molecule has 1 heterocycles. The zero-order valence-electron chi connectivity index (χ0n) is 10.5. The average Bonchev–Trinajstić information content (AvgIpc) is 2.85. The summed E-state index contributed by atoms with van der Waals surface area (Å²) in [4.78, 5) is 4.46. The van der Waals surface area contributed by atoms with Gasteiger partial charge in [-0.2, -0.15) is 0 Å². The third-order valence-electron chi connectivity index (χ3n) is 3.01. The van der Waals surface area contributed by atoms with E-state index in [0.29, 0.717) is 5.82 Å². The standard InChI is InChI=1S/C16H12N2O/c1-3-16-17-14-11-13(19-2)9-10-15(14)18(16)12-7-5-4-6-8-12/h1,4-11H,2H3. The second-order valence-electron chi connectivity index (χ2n) is 4.11. The highest BCUT2D eigenvalue weighted by Crippen LogP contribution is 2.24. The third kappa shape index (κ3) is 1.84. The van der Waals surface area contributed by atoms with Crippen molar-refractivity contribution in [2.75, 3.05) is 7.11 Å². The minimum atomic E-state index is 0.592. The van der Waals surface area contributed by atoms with E-state index in [1.165, 1.54) is 0 Å². The van der Waals surface area contributed by atoms with Crippen LogP contribution in [0, 0.1) is 12.3 Å². The number of fused-ring (bicyclic) bond motifs is 1. The topological polar surface area (TPSA) is 27.1 Å². The van der Waals surface area contributed by atoms with Crippen molar-refractivity contribution in [2.24, 2.45) is 0 Å². The largest absolute Gasteiger partial charge is 0.497 e. The zero-order valence-corrected chi connectivity index (χ0v) is 10.5. The Hall–Kier alpha value is -2.73. The lowest BCUT2D eigenvalue weighted by atomic mass is 10.2. The van der Waals surface area contributed by atoms with Crippen LogP contribution in [0.4, 0.5) is 0 Å². The van der Waals surface area contributed by atoms with Crippen LogP contribution in [0.5, 0.6) is 5.75 Å². The summed E-state index contributed by atoms with van der Waals surface area (Å²) in [6.45, 7) is 0. The minimum absolute atomic E-state index is 0.592. The smallest absolute Gasteiger partial charge is 0.190 e. The fourth-order valence-electron chi connectivity index (χ4n) is 2.12. The molecule has 3 aromatic rings. The van der Waals surface area contributed by atoms with Crippen molar-refractivity contribution in [3.8, 4) is 23.8 Å². The number of terminal acetylenes is 1. The molecule has 3 heteroatoms. The van der Waals surface area contributed by atoms with Gasteiger partial charge >= 0.3 is 0 Å². The first kappa shape index (κ1) is 11.4. The molecule has 0 aliphatic rings. The molecule has 3 rings (SSSR count). The Morgan fingerprint density at radius 1 is 1.16 bits per heavy atom. The van der Waals surface area contributed by atoms with Crippen molar-refractivity contribution in [2.45, 2.75) is 0 Å². The molecule has 0 spiro atoms. The van der Waals surface area contributed by atoms with Crippen LogP contribution >= 0.6 is 0 Å². The van der Waals surface area contributed by atoms with Gasteiger partial charge in [0.1, 0.15) is 5.75 Å². The molecular formula is C16H12N2O. The van der Waals surface area contributed by atoms with Gasteiger partial charge in [0.05, 0.1) is 18.1 Å². The summed E-state index contributed by atoms with van der Waals surface area (Å²) in [5.41, 5.74) is 2.80. The van der Waals surface area contributed by atoms with Crippen molar-refractivity contribution in [1.29, 1.82) is 0 Å². The number of ether oxygens (including phenoxy) is 1. The first-order valence-corrected chi connectivity index (χ1v) is 5.92. The quantitative estimate of drug-likeness (QED) is 0.652. The zero-order chi connectivity index (χ0) is 13.2. The number of para-hydroxylation sites is 1. The first-order chi connectivity index (χ1) is 9.33. The van der Waals surface area contributed by atoms with Gasteiger partial charge in [0.15, 0.2) is 5.82 Å². The van der Waals surface area contributed by atoms with Gasteiger partial charge in [-0.3, -0.25) is 4.57 Å². The molecule has 0 fully saturated rings. The lowest BCUT2D eigenvalue weighted by Gasteiger charge is -2.06. The summed E-state index contributed by atoms with van der Waals surface area (Å²) < 4.78 is 7.18. The van der Waals surface area contributed by atoms with E-state index in [1.807, 2.05) is 53.1 Å². The van der Waals surface area contributed by atoms with Gasteiger partial charge in [-0.1, -0.05) is 18.2 Å². The van der Waals surface area contributed by atoms with Gasteiger partial charge in [-0.05, 0) is 30.2 Å². The van der Waals surface area contributed by atoms with Gasteiger partial charge in [-0.25, -0.2) is 4.98 Å². The van der Waals surface area contributed by atoms with Crippen LogP contribution in [0.25, 0.3) is 16.7 Å². The second-order valence-corrected chi connectivity index (χ2v) is 4.11. The Bertz CT molecular complexity index is 767. The molecule has 0 radical (unpaired) electrons. The highest BCUT2D eigenvalue weighted by molar-refractivity contribution is 5.80. The van der Waals surface area contributed by atoms with Crippen LogP contribution < -0.4 is 4.74 Å². The molecule has 0 N–H and O–H groups in total. The molecule has 92 valence electrons. The number of rotatable bonds is 2. The summed E-state index contributed by atoms with van der Waals surface area (Å²) >= 11 is 0. The lowest BCUT2D eigenvalue weighted by Crippen LogP contribution is -1.97. The average molecular weight is 248 g/mol. The molecule has 0 unspecified atom stereocenters. The van der Waals surface area contributed by atoms with Crippen molar-refractivity contribution in [3.63, 3.8) is 0 Å². The number of hydrogen-bond acceptors (Lipinski definition) is 2. The molecule has 0 aliphatic carbocycles. The lowest BCUT2D eigenvalue weighted by molar-refractivity contribution is 0.415. The molecule has 0 atom stereocenters. The van der Waals surface area contributed by atoms with Crippen LogP contribution in [0.3, 0.4) is 0 Å². The summed E-state index contributed by atoms with van der Waals surface area (Å²) in [7, 11) is 1.64. The number of imidazole rings is 1. The van der Waals surface area contributed by atoms with E-state index in [2.05, 4.69) is 10.9 Å². The van der Waals surface area contributed by atoms with E-state index < -0.39 is 0 Å². The fourth-order valence-corrected chi connectivity index (χ4v) is 2.12. The summed E-state index contributed by atoms with van der Waals surface area (Å²) in [6.07, 6.45) is 5.56. The van der Waals surface area contributed by atoms with Gasteiger partial charge in [0, 0.05) is 11.8 Å². The van der Waals surface area contributed by atoms with E-state index in [9.17, 15) is 0 Å². The molecule has 0 amide bonds. The Morgan fingerprint density at radius 2 is 1.95 bits per heavy atom. The Morgan fingerprint density at radius 3 is 2.63 bits per heavy atom. The molecule has 3 nitrogen and oxygen atoms in total. The SMILES string of the molecule is C#Cc1nc2cc(OC)ccc2n1-c1ccccc1. The van der Waals surface area contributed by atoms with Crippen LogP contribution in [0.1, 0.15) is 5.82 Å². The number of aromatic nitrogens is 2. The Labute approximate surface area is 111 Å². The molecule has 0 saturated heterocycles. The van der Waals surface area contributed by atoms with Gasteiger partial charge in [0.25, 0.3) is 0 Å². The van der Waals surface area contributed by atoms with Crippen LogP contribution in [0.2, 0.25) is 0 Å². The maximum atomic E-state index is 5.56. The highest BCUT2D eigenvalue weighted by Gasteiger charge is 2.11. The number of nitrogens with zero attached hydrogens (tertiary/aromatic N) is 2. The van der Waals surface area contributed by atoms with Crippen LogP contribution in [0.15, 0.2) is 48.5 Å². The number of hydrogen-bond donors (Lipinski definition) is 0. The molecule has 0 saturated carbocycles. The van der Waals surface area contributed by atoms with Gasteiger partial charge in [0.2, 0.25) is 0 Å². The predicted molar refractivity (Wildman–Crippen MR) is 75.6 cm³/mol. The Balaban J connectivity index is 2.32. The van der Waals surface area contributed by atoms with Crippen molar-refractivity contribution < 1.29 is 4.74 Å². The minimum Gasteiger partial charge on any atom is -0.497 e. The van der Waals surface area contributed by atoms with Gasteiger partial charge < -0.3 is 4.74 Å². The maximum Gasteiger partial charge on any atom is 0.190 e. The number of methoxy groups -OCH3 is 1. The summed E-state index contributed by atoms with van der Waals surface area (Å²) in [5, 5.41) is 0. The maximum absolute atomic E-state index is 5.56. The van der Waals surface area contributed by atoms with Crippen LogP contribution in [-0.4, -0.2) is 16.7 Å².